The second-order valence-electron chi connectivity index (χ2n) is 7.61. The van der Waals surface area contributed by atoms with Gasteiger partial charge in [-0.15, -0.1) is 0 Å². The molecule has 3 rings (SSSR count). The lowest BCUT2D eigenvalue weighted by Gasteiger charge is -2.37. The molecule has 0 spiro atoms. The first-order chi connectivity index (χ1) is 11.5. The van der Waals surface area contributed by atoms with Gasteiger partial charge in [0.2, 0.25) is 5.91 Å². The highest BCUT2D eigenvalue weighted by molar-refractivity contribution is 5.79. The van der Waals surface area contributed by atoms with E-state index in [1.165, 1.54) is 5.56 Å². The molecule has 2 fully saturated rings. The second kappa shape index (κ2) is 7.62. The lowest BCUT2D eigenvalue weighted by molar-refractivity contribution is -0.145. The van der Waals surface area contributed by atoms with Crippen LogP contribution in [-0.4, -0.2) is 59.1 Å². The molecule has 1 aromatic heterocycles. The summed E-state index contributed by atoms with van der Waals surface area (Å²) in [4.78, 5) is 21.5. The molecule has 0 N–H and O–H groups in total. The SMILES string of the molecule is CC1(C)CC(C(=O)N2CCCN(Cc3ccncc3)CC2)CCO1. The van der Waals surface area contributed by atoms with Gasteiger partial charge in [0.1, 0.15) is 0 Å². The quantitative estimate of drug-likeness (QED) is 0.853. The lowest BCUT2D eigenvalue weighted by Crippen LogP contribution is -2.44. The highest BCUT2D eigenvalue weighted by Gasteiger charge is 2.35. The van der Waals surface area contributed by atoms with Gasteiger partial charge in [0.25, 0.3) is 0 Å². The Bertz CT molecular complexity index is 547. The van der Waals surface area contributed by atoms with Crippen molar-refractivity contribution in [1.29, 1.82) is 0 Å². The van der Waals surface area contributed by atoms with Crippen LogP contribution in [0.15, 0.2) is 24.5 Å². The van der Waals surface area contributed by atoms with E-state index in [9.17, 15) is 4.79 Å². The van der Waals surface area contributed by atoms with Gasteiger partial charge in [-0.2, -0.15) is 0 Å². The zero-order chi connectivity index (χ0) is 17.0. The maximum atomic E-state index is 12.9. The van der Waals surface area contributed by atoms with Gasteiger partial charge in [0.05, 0.1) is 5.60 Å². The van der Waals surface area contributed by atoms with Gasteiger partial charge in [-0.3, -0.25) is 14.7 Å². The summed E-state index contributed by atoms with van der Waals surface area (Å²) in [6.45, 7) is 9.52. The molecule has 132 valence electrons. The molecule has 2 aliphatic rings. The Morgan fingerprint density at radius 3 is 2.79 bits per heavy atom. The zero-order valence-electron chi connectivity index (χ0n) is 14.9. The predicted molar refractivity (Wildman–Crippen MR) is 93.5 cm³/mol. The number of carbonyl (C=O) groups excluding carboxylic acids is 1. The van der Waals surface area contributed by atoms with E-state index >= 15 is 0 Å². The third kappa shape index (κ3) is 4.54. The average Bonchev–Trinajstić information content (AvgIpc) is 2.80. The largest absolute Gasteiger partial charge is 0.376 e. The highest BCUT2D eigenvalue weighted by Crippen LogP contribution is 2.30. The summed E-state index contributed by atoms with van der Waals surface area (Å²) in [7, 11) is 0. The number of hydrogen-bond acceptors (Lipinski definition) is 4. The van der Waals surface area contributed by atoms with Crippen LogP contribution in [0.1, 0.15) is 38.7 Å². The van der Waals surface area contributed by atoms with Crippen LogP contribution in [-0.2, 0) is 16.1 Å². The van der Waals surface area contributed by atoms with Gasteiger partial charge in [-0.1, -0.05) is 0 Å². The molecule has 24 heavy (non-hydrogen) atoms. The smallest absolute Gasteiger partial charge is 0.225 e. The fourth-order valence-electron chi connectivity index (χ4n) is 3.80. The molecule has 1 unspecified atom stereocenters. The minimum absolute atomic E-state index is 0.125. The van der Waals surface area contributed by atoms with E-state index in [0.717, 1.165) is 52.0 Å². The summed E-state index contributed by atoms with van der Waals surface area (Å²) in [5.41, 5.74) is 1.12. The Morgan fingerprint density at radius 2 is 2.04 bits per heavy atom. The molecular formula is C19H29N3O2. The number of aromatic nitrogens is 1. The fourth-order valence-corrected chi connectivity index (χ4v) is 3.80. The van der Waals surface area contributed by atoms with E-state index in [2.05, 4.69) is 40.8 Å². The Hall–Kier alpha value is -1.46. The van der Waals surface area contributed by atoms with E-state index in [1.54, 1.807) is 0 Å². The molecule has 3 heterocycles. The molecule has 1 atom stereocenters. The summed E-state index contributed by atoms with van der Waals surface area (Å²) in [6, 6.07) is 4.13. The normalized spacial score (nSPS) is 25.2. The summed E-state index contributed by atoms with van der Waals surface area (Å²) in [5.74, 6) is 0.456. The van der Waals surface area contributed by atoms with Crippen LogP contribution >= 0.6 is 0 Å². The monoisotopic (exact) mass is 331 g/mol. The molecule has 0 saturated carbocycles. The Balaban J connectivity index is 1.54. The van der Waals surface area contributed by atoms with E-state index in [4.69, 9.17) is 4.74 Å². The first kappa shape index (κ1) is 17.4. The molecule has 0 aromatic carbocycles. The fraction of sp³-hybridized carbons (Fsp3) is 0.684. The number of ether oxygens (including phenoxy) is 1. The number of hydrogen-bond donors (Lipinski definition) is 0. The second-order valence-corrected chi connectivity index (χ2v) is 7.61. The standard InChI is InChI=1S/C19H29N3O2/c1-19(2)14-17(6-13-24-19)18(23)22-10-3-9-21(11-12-22)15-16-4-7-20-8-5-16/h4-5,7-8,17H,3,6,9-15H2,1-2H3. The summed E-state index contributed by atoms with van der Waals surface area (Å²) in [5, 5.41) is 0. The molecule has 2 saturated heterocycles. The summed E-state index contributed by atoms with van der Waals surface area (Å²) >= 11 is 0. The maximum Gasteiger partial charge on any atom is 0.225 e. The third-order valence-electron chi connectivity index (χ3n) is 5.10. The van der Waals surface area contributed by atoms with E-state index < -0.39 is 0 Å². The van der Waals surface area contributed by atoms with Gasteiger partial charge in [0, 0.05) is 57.6 Å². The van der Waals surface area contributed by atoms with Gasteiger partial charge < -0.3 is 9.64 Å². The van der Waals surface area contributed by atoms with Crippen molar-refractivity contribution >= 4 is 5.91 Å². The van der Waals surface area contributed by atoms with E-state index in [-0.39, 0.29) is 11.5 Å². The number of nitrogens with zero attached hydrogens (tertiary/aromatic N) is 3. The van der Waals surface area contributed by atoms with Gasteiger partial charge in [-0.25, -0.2) is 0 Å². The van der Waals surface area contributed by atoms with Crippen molar-refractivity contribution in [3.8, 4) is 0 Å². The molecule has 5 nitrogen and oxygen atoms in total. The van der Waals surface area contributed by atoms with Crippen molar-refractivity contribution in [2.45, 2.75) is 45.3 Å². The van der Waals surface area contributed by atoms with Crippen molar-refractivity contribution in [3.05, 3.63) is 30.1 Å². The van der Waals surface area contributed by atoms with E-state index in [0.29, 0.717) is 12.5 Å². The molecule has 0 bridgehead atoms. The number of pyridine rings is 1. The Morgan fingerprint density at radius 1 is 1.25 bits per heavy atom. The first-order valence-electron chi connectivity index (χ1n) is 9.07. The minimum Gasteiger partial charge on any atom is -0.376 e. The number of rotatable bonds is 3. The van der Waals surface area contributed by atoms with Crippen LogP contribution in [0.4, 0.5) is 0 Å². The van der Waals surface area contributed by atoms with Crippen molar-refractivity contribution in [3.63, 3.8) is 0 Å². The van der Waals surface area contributed by atoms with Gasteiger partial charge >= 0.3 is 0 Å². The summed E-state index contributed by atoms with van der Waals surface area (Å²) in [6.07, 6.45) is 6.43. The Labute approximate surface area is 145 Å². The van der Waals surface area contributed by atoms with Crippen LogP contribution < -0.4 is 0 Å². The van der Waals surface area contributed by atoms with Crippen LogP contribution in [0.2, 0.25) is 0 Å². The zero-order valence-corrected chi connectivity index (χ0v) is 14.9. The van der Waals surface area contributed by atoms with Gasteiger partial charge in [-0.05, 0) is 50.8 Å². The molecule has 0 radical (unpaired) electrons. The minimum atomic E-state index is -0.169. The molecule has 2 aliphatic heterocycles. The highest BCUT2D eigenvalue weighted by atomic mass is 16.5. The predicted octanol–water partition coefficient (Wildman–Crippen LogP) is 2.32. The lowest BCUT2D eigenvalue weighted by atomic mass is 9.87. The van der Waals surface area contributed by atoms with Crippen LogP contribution in [0.25, 0.3) is 0 Å². The molecule has 5 heteroatoms. The van der Waals surface area contributed by atoms with Crippen LogP contribution in [0, 0.1) is 5.92 Å². The van der Waals surface area contributed by atoms with Crippen LogP contribution in [0.3, 0.4) is 0 Å². The van der Waals surface area contributed by atoms with Crippen molar-refractivity contribution in [1.82, 2.24) is 14.8 Å². The molecular weight excluding hydrogens is 302 g/mol. The third-order valence-corrected chi connectivity index (χ3v) is 5.10. The molecule has 1 amide bonds. The summed E-state index contributed by atoms with van der Waals surface area (Å²) < 4.78 is 5.76. The maximum absolute atomic E-state index is 12.9. The van der Waals surface area contributed by atoms with Crippen LogP contribution in [0.5, 0.6) is 0 Å². The average molecular weight is 331 g/mol. The Kier molecular flexibility index (Phi) is 5.51. The van der Waals surface area contributed by atoms with Crippen molar-refractivity contribution in [2.24, 2.45) is 5.92 Å². The van der Waals surface area contributed by atoms with Crippen molar-refractivity contribution in [2.75, 3.05) is 32.8 Å². The first-order valence-corrected chi connectivity index (χ1v) is 9.07. The van der Waals surface area contributed by atoms with Crippen molar-refractivity contribution < 1.29 is 9.53 Å². The van der Waals surface area contributed by atoms with Gasteiger partial charge in [0.15, 0.2) is 0 Å². The number of carbonyl (C=O) groups is 1. The topological polar surface area (TPSA) is 45.7 Å². The van der Waals surface area contributed by atoms with E-state index in [1.807, 2.05) is 12.4 Å². The molecule has 1 aromatic rings. The molecule has 0 aliphatic carbocycles. The number of amides is 1.